The normalized spacial score (nSPS) is 33.8. The van der Waals surface area contributed by atoms with Crippen molar-refractivity contribution in [3.8, 4) is 0 Å². The Bertz CT molecular complexity index is 137. The fraction of sp³-hybridized carbons (Fsp3) is 0.800. The Kier molecular flexibility index (Phi) is 1.32. The molecule has 1 rings (SSSR count). The van der Waals surface area contributed by atoms with Crippen LogP contribution in [0.1, 0.15) is 6.92 Å². The quantitative estimate of drug-likeness (QED) is 0.481. The third-order valence-electron chi connectivity index (χ3n) is 1.67. The van der Waals surface area contributed by atoms with E-state index in [2.05, 4.69) is 0 Å². The topological polar surface area (TPSA) is 66.6 Å². The summed E-state index contributed by atoms with van der Waals surface area (Å²) in [5, 5.41) is 8.37. The van der Waals surface area contributed by atoms with E-state index in [1.165, 1.54) is 4.90 Å². The maximum Gasteiger partial charge on any atom is 0.408 e. The number of nitrogens with zero attached hydrogens (tertiary/aromatic N) is 1. The van der Waals surface area contributed by atoms with Crippen molar-refractivity contribution in [2.45, 2.75) is 13.1 Å². The predicted molar refractivity (Wildman–Crippen MR) is 31.9 cm³/mol. The first-order chi connectivity index (χ1) is 4.13. The highest BCUT2D eigenvalue weighted by Crippen LogP contribution is 2.19. The summed E-state index contributed by atoms with van der Waals surface area (Å²) >= 11 is 0. The molecular weight excluding hydrogens is 120 g/mol. The van der Waals surface area contributed by atoms with Gasteiger partial charge in [-0.25, -0.2) is 4.79 Å². The number of hydrogen-bond donors (Lipinski definition) is 2. The van der Waals surface area contributed by atoms with Crippen molar-refractivity contribution in [1.29, 1.82) is 0 Å². The molecule has 4 heteroatoms. The predicted octanol–water partition coefficient (Wildman–Crippen LogP) is -0.0991. The van der Waals surface area contributed by atoms with Gasteiger partial charge < -0.3 is 10.8 Å². The summed E-state index contributed by atoms with van der Waals surface area (Å²) in [5.74, 6) is 0.320. The van der Waals surface area contributed by atoms with Gasteiger partial charge >= 0.3 is 6.09 Å². The van der Waals surface area contributed by atoms with Crippen molar-refractivity contribution in [1.82, 2.24) is 4.90 Å². The van der Waals surface area contributed by atoms with Gasteiger partial charge in [0.1, 0.15) is 0 Å². The molecule has 1 amide bonds. The highest BCUT2D eigenvalue weighted by molar-refractivity contribution is 5.66. The molecule has 0 spiro atoms. The highest BCUT2D eigenvalue weighted by atomic mass is 16.4. The van der Waals surface area contributed by atoms with E-state index in [-0.39, 0.29) is 6.17 Å². The van der Waals surface area contributed by atoms with Crippen molar-refractivity contribution in [3.63, 3.8) is 0 Å². The highest BCUT2D eigenvalue weighted by Gasteiger charge is 2.35. The van der Waals surface area contributed by atoms with E-state index in [1.807, 2.05) is 6.92 Å². The molecule has 1 fully saturated rings. The van der Waals surface area contributed by atoms with Crippen molar-refractivity contribution < 1.29 is 9.90 Å². The minimum Gasteiger partial charge on any atom is -0.465 e. The van der Waals surface area contributed by atoms with Crippen LogP contribution >= 0.6 is 0 Å². The molecule has 0 bridgehead atoms. The molecule has 52 valence electrons. The molecule has 0 saturated carbocycles. The van der Waals surface area contributed by atoms with E-state index >= 15 is 0 Å². The fourth-order valence-corrected chi connectivity index (χ4v) is 0.915. The molecule has 1 heterocycles. The summed E-state index contributed by atoms with van der Waals surface area (Å²) in [5.41, 5.74) is 5.41. The van der Waals surface area contributed by atoms with Gasteiger partial charge in [-0.2, -0.15) is 0 Å². The Morgan fingerprint density at radius 3 is 2.56 bits per heavy atom. The average Bonchev–Trinajstić information content (AvgIpc) is 1.81. The fourth-order valence-electron chi connectivity index (χ4n) is 0.915. The summed E-state index contributed by atoms with van der Waals surface area (Å²) in [7, 11) is 0. The minimum absolute atomic E-state index is 0.275. The van der Waals surface area contributed by atoms with Gasteiger partial charge in [-0.15, -0.1) is 0 Å². The lowest BCUT2D eigenvalue weighted by molar-refractivity contribution is 0.0350. The lowest BCUT2D eigenvalue weighted by Gasteiger charge is -2.41. The second-order valence-corrected chi connectivity index (χ2v) is 2.40. The van der Waals surface area contributed by atoms with E-state index in [4.69, 9.17) is 10.8 Å². The Balaban J connectivity index is 2.42. The Hall–Kier alpha value is -0.770. The standard InChI is InChI=1S/C5H10N2O2/c1-3-2-7(4(3)6)5(8)9/h3-4H,2,6H2,1H3,(H,8,9). The van der Waals surface area contributed by atoms with E-state index < -0.39 is 6.09 Å². The van der Waals surface area contributed by atoms with Crippen molar-refractivity contribution in [2.75, 3.05) is 6.54 Å². The first-order valence-corrected chi connectivity index (χ1v) is 2.88. The van der Waals surface area contributed by atoms with Gasteiger partial charge in [0, 0.05) is 12.5 Å². The lowest BCUT2D eigenvalue weighted by Crippen LogP contribution is -2.61. The van der Waals surface area contributed by atoms with Gasteiger partial charge in [-0.3, -0.25) is 4.90 Å². The maximum absolute atomic E-state index is 10.2. The van der Waals surface area contributed by atoms with E-state index in [9.17, 15) is 4.79 Å². The van der Waals surface area contributed by atoms with Crippen LogP contribution in [0, 0.1) is 5.92 Å². The maximum atomic E-state index is 10.2. The molecule has 4 nitrogen and oxygen atoms in total. The molecule has 0 aromatic heterocycles. The van der Waals surface area contributed by atoms with Gasteiger partial charge in [0.05, 0.1) is 6.17 Å². The van der Waals surface area contributed by atoms with E-state index in [0.29, 0.717) is 12.5 Å². The number of rotatable bonds is 0. The molecule has 9 heavy (non-hydrogen) atoms. The average molecular weight is 130 g/mol. The van der Waals surface area contributed by atoms with Crippen molar-refractivity contribution in [2.24, 2.45) is 11.7 Å². The monoisotopic (exact) mass is 130 g/mol. The molecule has 0 aromatic carbocycles. The molecule has 1 saturated heterocycles. The third kappa shape index (κ3) is 0.853. The summed E-state index contributed by atoms with van der Waals surface area (Å²) < 4.78 is 0. The number of amides is 1. The van der Waals surface area contributed by atoms with Crippen LogP contribution in [-0.2, 0) is 0 Å². The first-order valence-electron chi connectivity index (χ1n) is 2.88. The zero-order chi connectivity index (χ0) is 7.02. The van der Waals surface area contributed by atoms with E-state index in [1.54, 1.807) is 0 Å². The van der Waals surface area contributed by atoms with Crippen molar-refractivity contribution in [3.05, 3.63) is 0 Å². The van der Waals surface area contributed by atoms with Crippen LogP contribution in [-0.4, -0.2) is 28.8 Å². The van der Waals surface area contributed by atoms with Crippen LogP contribution in [0.15, 0.2) is 0 Å². The number of carboxylic acid groups (broad SMARTS) is 1. The molecule has 1 aliphatic rings. The lowest BCUT2D eigenvalue weighted by atomic mass is 9.99. The van der Waals surface area contributed by atoms with Crippen LogP contribution in [0.2, 0.25) is 0 Å². The number of hydrogen-bond acceptors (Lipinski definition) is 2. The minimum atomic E-state index is -0.916. The first kappa shape index (κ1) is 6.35. The molecule has 0 radical (unpaired) electrons. The Morgan fingerprint density at radius 1 is 1.89 bits per heavy atom. The summed E-state index contributed by atoms with van der Waals surface area (Å²) in [6, 6.07) is 0. The van der Waals surface area contributed by atoms with Gasteiger partial charge in [-0.1, -0.05) is 6.92 Å². The SMILES string of the molecule is CC1CN(C(=O)O)C1N. The molecule has 0 aliphatic carbocycles. The van der Waals surface area contributed by atoms with Gasteiger partial charge in [0.25, 0.3) is 0 Å². The number of nitrogens with two attached hydrogens (primary N) is 1. The van der Waals surface area contributed by atoms with Gasteiger partial charge in [0.15, 0.2) is 0 Å². The second kappa shape index (κ2) is 1.88. The largest absolute Gasteiger partial charge is 0.465 e. The molecule has 2 unspecified atom stereocenters. The molecular formula is C5H10N2O2. The van der Waals surface area contributed by atoms with Crippen LogP contribution in [0.5, 0.6) is 0 Å². The smallest absolute Gasteiger partial charge is 0.408 e. The third-order valence-corrected chi connectivity index (χ3v) is 1.67. The molecule has 3 N–H and O–H groups in total. The second-order valence-electron chi connectivity index (χ2n) is 2.40. The Morgan fingerprint density at radius 2 is 2.44 bits per heavy atom. The zero-order valence-electron chi connectivity index (χ0n) is 5.24. The number of likely N-dealkylation sites (tertiary alicyclic amines) is 1. The number of carbonyl (C=O) groups is 1. The molecule has 0 aromatic rings. The van der Waals surface area contributed by atoms with Gasteiger partial charge in [0.2, 0.25) is 0 Å². The van der Waals surface area contributed by atoms with Crippen LogP contribution in [0.25, 0.3) is 0 Å². The van der Waals surface area contributed by atoms with Gasteiger partial charge in [-0.05, 0) is 0 Å². The zero-order valence-corrected chi connectivity index (χ0v) is 5.24. The molecule has 2 atom stereocenters. The summed E-state index contributed by atoms with van der Waals surface area (Å²) in [6.07, 6.45) is -1.19. The summed E-state index contributed by atoms with van der Waals surface area (Å²) in [4.78, 5) is 11.4. The van der Waals surface area contributed by atoms with Crippen LogP contribution < -0.4 is 5.73 Å². The summed E-state index contributed by atoms with van der Waals surface area (Å²) in [6.45, 7) is 2.51. The molecule has 1 aliphatic heterocycles. The van der Waals surface area contributed by atoms with Crippen LogP contribution in [0.4, 0.5) is 4.79 Å². The van der Waals surface area contributed by atoms with Crippen LogP contribution in [0.3, 0.4) is 0 Å². The van der Waals surface area contributed by atoms with E-state index in [0.717, 1.165) is 0 Å². The Labute approximate surface area is 53.2 Å². The van der Waals surface area contributed by atoms with Crippen molar-refractivity contribution >= 4 is 6.09 Å².